The summed E-state index contributed by atoms with van der Waals surface area (Å²) in [5.41, 5.74) is 2.72. The van der Waals surface area contributed by atoms with Crippen molar-refractivity contribution >= 4 is 11.9 Å². The number of hydrogen-bond acceptors (Lipinski definition) is 5. The molecule has 27 heavy (non-hydrogen) atoms. The van der Waals surface area contributed by atoms with Crippen LogP contribution in [-0.2, 0) is 11.4 Å². The van der Waals surface area contributed by atoms with E-state index in [0.717, 1.165) is 17.0 Å². The molecule has 0 aliphatic carbocycles. The molecule has 1 aromatic carbocycles. The second-order valence-corrected chi connectivity index (χ2v) is 5.87. The number of aromatic nitrogens is 3. The molecule has 0 bridgehead atoms. The van der Waals surface area contributed by atoms with Crippen LogP contribution in [-0.4, -0.2) is 38.2 Å². The van der Waals surface area contributed by atoms with E-state index in [1.807, 2.05) is 18.2 Å². The number of ether oxygens (including phenoxy) is 1. The van der Waals surface area contributed by atoms with Crippen molar-refractivity contribution in [2.45, 2.75) is 19.6 Å². The minimum atomic E-state index is -1.09. The van der Waals surface area contributed by atoms with Gasteiger partial charge in [-0.2, -0.15) is 5.10 Å². The maximum absolute atomic E-state index is 12.1. The highest BCUT2D eigenvalue weighted by molar-refractivity contribution is 5.96. The number of rotatable bonds is 7. The molecule has 0 aliphatic heterocycles. The second-order valence-electron chi connectivity index (χ2n) is 5.87. The minimum absolute atomic E-state index is 0.251. The van der Waals surface area contributed by atoms with Crippen LogP contribution in [0.15, 0.2) is 54.9 Å². The van der Waals surface area contributed by atoms with Crippen LogP contribution in [0.4, 0.5) is 0 Å². The van der Waals surface area contributed by atoms with Gasteiger partial charge in [-0.05, 0) is 42.8 Å². The average molecular weight is 366 g/mol. The highest BCUT2D eigenvalue weighted by Gasteiger charge is 2.15. The zero-order valence-corrected chi connectivity index (χ0v) is 14.5. The number of aliphatic carboxylic acids is 1. The molecule has 0 aliphatic rings. The topological polar surface area (TPSA) is 117 Å². The lowest BCUT2D eigenvalue weighted by molar-refractivity contribution is -0.138. The number of pyridine rings is 1. The van der Waals surface area contributed by atoms with Gasteiger partial charge < -0.3 is 15.2 Å². The van der Waals surface area contributed by atoms with Crippen molar-refractivity contribution in [1.82, 2.24) is 20.5 Å². The Morgan fingerprint density at radius 1 is 1.26 bits per heavy atom. The first-order valence-corrected chi connectivity index (χ1v) is 8.24. The zero-order valence-electron chi connectivity index (χ0n) is 14.5. The van der Waals surface area contributed by atoms with Crippen LogP contribution in [0.5, 0.6) is 5.75 Å². The van der Waals surface area contributed by atoms with Crippen molar-refractivity contribution in [3.05, 3.63) is 66.0 Å². The highest BCUT2D eigenvalue weighted by Crippen LogP contribution is 2.18. The van der Waals surface area contributed by atoms with Crippen molar-refractivity contribution in [3.8, 4) is 17.1 Å². The summed E-state index contributed by atoms with van der Waals surface area (Å²) >= 11 is 0. The first kappa shape index (κ1) is 18.1. The lowest BCUT2D eigenvalue weighted by atomic mass is 10.1. The number of amides is 1. The number of H-pyrrole nitrogens is 1. The Morgan fingerprint density at radius 3 is 2.78 bits per heavy atom. The van der Waals surface area contributed by atoms with Gasteiger partial charge in [0.15, 0.2) is 0 Å². The number of carbonyl (C=O) groups excluding carboxylic acids is 1. The molecule has 8 heteroatoms. The number of carbonyl (C=O) groups is 2. The molecule has 0 radical (unpaired) electrons. The van der Waals surface area contributed by atoms with Crippen LogP contribution in [0.3, 0.4) is 0 Å². The third-order valence-electron chi connectivity index (χ3n) is 3.83. The number of nitrogens with zero attached hydrogens (tertiary/aromatic N) is 2. The lowest BCUT2D eigenvalue weighted by Crippen LogP contribution is -2.38. The molecule has 8 nitrogen and oxygen atoms in total. The third kappa shape index (κ3) is 4.69. The molecular weight excluding hydrogens is 348 g/mol. The number of carboxylic acids is 1. The summed E-state index contributed by atoms with van der Waals surface area (Å²) in [7, 11) is 0. The molecular formula is C19H18N4O4. The van der Waals surface area contributed by atoms with Gasteiger partial charge in [-0.15, -0.1) is 0 Å². The summed E-state index contributed by atoms with van der Waals surface area (Å²) in [5, 5.41) is 18.0. The van der Waals surface area contributed by atoms with Gasteiger partial charge in [0.05, 0.1) is 17.6 Å². The van der Waals surface area contributed by atoms with Crippen molar-refractivity contribution < 1.29 is 19.4 Å². The summed E-state index contributed by atoms with van der Waals surface area (Å²) in [6.45, 7) is 1.66. The molecule has 0 unspecified atom stereocenters. The van der Waals surface area contributed by atoms with E-state index >= 15 is 0 Å². The number of benzene rings is 1. The van der Waals surface area contributed by atoms with Crippen LogP contribution in [0.2, 0.25) is 0 Å². The van der Waals surface area contributed by atoms with Crippen molar-refractivity contribution in [1.29, 1.82) is 0 Å². The molecule has 2 heterocycles. The van der Waals surface area contributed by atoms with Crippen LogP contribution < -0.4 is 10.1 Å². The SMILES string of the molecule is C[C@@H](NC(=O)c1cccc(COc2ccc(-c3ccn[nH]3)nc2)c1)C(=O)O. The van der Waals surface area contributed by atoms with Crippen LogP contribution in [0.1, 0.15) is 22.8 Å². The molecule has 0 spiro atoms. The Kier molecular flexibility index (Phi) is 5.46. The predicted octanol–water partition coefficient (Wildman–Crippen LogP) is 2.25. The lowest BCUT2D eigenvalue weighted by Gasteiger charge is -2.11. The summed E-state index contributed by atoms with van der Waals surface area (Å²) in [6, 6.07) is 11.3. The van der Waals surface area contributed by atoms with E-state index in [4.69, 9.17) is 9.84 Å². The first-order chi connectivity index (χ1) is 13.0. The Labute approximate surface area is 155 Å². The highest BCUT2D eigenvalue weighted by atomic mass is 16.5. The van der Waals surface area contributed by atoms with Gasteiger partial charge in [-0.1, -0.05) is 12.1 Å². The molecule has 0 fully saturated rings. The van der Waals surface area contributed by atoms with E-state index in [-0.39, 0.29) is 6.61 Å². The van der Waals surface area contributed by atoms with Crippen molar-refractivity contribution in [3.63, 3.8) is 0 Å². The Hall–Kier alpha value is -3.68. The third-order valence-corrected chi connectivity index (χ3v) is 3.83. The maximum atomic E-state index is 12.1. The van der Waals surface area contributed by atoms with Crippen LogP contribution in [0, 0.1) is 0 Å². The molecule has 3 rings (SSSR count). The average Bonchev–Trinajstić information content (AvgIpc) is 3.21. The molecule has 2 aromatic heterocycles. The van der Waals surface area contributed by atoms with E-state index < -0.39 is 17.9 Å². The fourth-order valence-electron chi connectivity index (χ4n) is 2.33. The van der Waals surface area contributed by atoms with Crippen molar-refractivity contribution in [2.75, 3.05) is 0 Å². The summed E-state index contributed by atoms with van der Waals surface area (Å²) in [6.07, 6.45) is 3.27. The molecule has 0 saturated heterocycles. The summed E-state index contributed by atoms with van der Waals surface area (Å²) in [5.74, 6) is -0.945. The van der Waals surface area contributed by atoms with Crippen molar-refractivity contribution in [2.24, 2.45) is 0 Å². The quantitative estimate of drug-likeness (QED) is 0.590. The number of nitrogens with one attached hydrogen (secondary N) is 2. The van der Waals surface area contributed by atoms with Gasteiger partial charge in [-0.25, -0.2) is 0 Å². The maximum Gasteiger partial charge on any atom is 0.325 e. The zero-order chi connectivity index (χ0) is 19.2. The second kappa shape index (κ2) is 8.13. The Bertz CT molecular complexity index is 923. The predicted molar refractivity (Wildman–Crippen MR) is 97.2 cm³/mol. The standard InChI is InChI=1S/C19H18N4O4/c1-12(19(25)26)22-18(24)14-4-2-3-13(9-14)11-27-15-5-6-16(20-10-15)17-7-8-21-23-17/h2-10,12H,11H2,1H3,(H,21,23)(H,22,24)(H,25,26)/t12-/m1/s1. The molecule has 1 amide bonds. The van der Waals surface area contributed by atoms with Gasteiger partial charge in [0.1, 0.15) is 18.4 Å². The molecule has 3 aromatic rings. The van der Waals surface area contributed by atoms with Gasteiger partial charge >= 0.3 is 5.97 Å². The smallest absolute Gasteiger partial charge is 0.325 e. The van der Waals surface area contributed by atoms with Crippen LogP contribution in [0.25, 0.3) is 11.4 Å². The number of hydrogen-bond donors (Lipinski definition) is 3. The van der Waals surface area contributed by atoms with Crippen LogP contribution >= 0.6 is 0 Å². The Morgan fingerprint density at radius 2 is 2.11 bits per heavy atom. The first-order valence-electron chi connectivity index (χ1n) is 8.24. The van der Waals surface area contributed by atoms with Gasteiger partial charge in [-0.3, -0.25) is 19.7 Å². The fraction of sp³-hybridized carbons (Fsp3) is 0.158. The number of carboxylic acid groups (broad SMARTS) is 1. The van der Waals surface area contributed by atoms with E-state index in [1.165, 1.54) is 6.92 Å². The fourth-order valence-corrected chi connectivity index (χ4v) is 2.33. The summed E-state index contributed by atoms with van der Waals surface area (Å²) in [4.78, 5) is 27.3. The number of aromatic amines is 1. The molecule has 1 atom stereocenters. The van der Waals surface area contributed by atoms with E-state index in [0.29, 0.717) is 11.3 Å². The van der Waals surface area contributed by atoms with Gasteiger partial charge in [0.25, 0.3) is 5.91 Å². The normalized spacial score (nSPS) is 11.6. The Balaban J connectivity index is 1.61. The van der Waals surface area contributed by atoms with Gasteiger partial charge in [0, 0.05) is 11.8 Å². The molecule has 3 N–H and O–H groups in total. The van der Waals surface area contributed by atoms with E-state index in [2.05, 4.69) is 20.5 Å². The largest absolute Gasteiger partial charge is 0.487 e. The minimum Gasteiger partial charge on any atom is -0.487 e. The van der Waals surface area contributed by atoms with Gasteiger partial charge in [0.2, 0.25) is 0 Å². The van der Waals surface area contributed by atoms with E-state index in [9.17, 15) is 9.59 Å². The molecule has 0 saturated carbocycles. The summed E-state index contributed by atoms with van der Waals surface area (Å²) < 4.78 is 5.70. The molecule has 138 valence electrons. The monoisotopic (exact) mass is 366 g/mol. The van der Waals surface area contributed by atoms with E-state index in [1.54, 1.807) is 36.7 Å².